The van der Waals surface area contributed by atoms with Gasteiger partial charge in [0.1, 0.15) is 6.29 Å². The van der Waals surface area contributed by atoms with Crippen LogP contribution in [0.2, 0.25) is 0 Å². The highest BCUT2D eigenvalue weighted by molar-refractivity contribution is 7.90. The van der Waals surface area contributed by atoms with Gasteiger partial charge < -0.3 is 0 Å². The molecule has 1 N–H and O–H groups in total. The van der Waals surface area contributed by atoms with Gasteiger partial charge in [-0.05, 0) is 24.8 Å². The molecule has 0 aromatic carbocycles. The van der Waals surface area contributed by atoms with Gasteiger partial charge in [0.05, 0.1) is 0 Å². The minimum absolute atomic E-state index is 0.257. The molecule has 0 radical (unpaired) electrons. The van der Waals surface area contributed by atoms with Crippen LogP contribution in [0, 0.1) is 0 Å². The standard InChI is InChI=1S/C9H12F3NO3S/c10-9(11,12)17(15,16)13-8-4-2-1-3-7(5-8)6-14/h5-6,8,13H,1-4H2/t8-/m0/s1. The monoisotopic (exact) mass is 271 g/mol. The van der Waals surface area contributed by atoms with Crippen molar-refractivity contribution < 1.29 is 26.4 Å². The molecule has 1 atom stereocenters. The molecule has 0 heterocycles. The van der Waals surface area contributed by atoms with Crippen LogP contribution in [0.25, 0.3) is 0 Å². The summed E-state index contributed by atoms with van der Waals surface area (Å²) in [6.07, 6.45) is 3.75. The Morgan fingerprint density at radius 2 is 2.00 bits per heavy atom. The van der Waals surface area contributed by atoms with E-state index in [1.807, 2.05) is 0 Å². The average Bonchev–Trinajstić information content (AvgIpc) is 2.40. The normalized spacial score (nSPS) is 22.8. The Balaban J connectivity index is 2.84. The molecule has 1 aliphatic carbocycles. The Kier molecular flexibility index (Phi) is 4.31. The van der Waals surface area contributed by atoms with Crippen molar-refractivity contribution in [2.24, 2.45) is 0 Å². The molecule has 0 unspecified atom stereocenters. The lowest BCUT2D eigenvalue weighted by molar-refractivity contribution is -0.105. The number of alkyl halides is 3. The number of sulfonamides is 1. The highest BCUT2D eigenvalue weighted by Crippen LogP contribution is 2.24. The topological polar surface area (TPSA) is 63.2 Å². The first kappa shape index (κ1) is 14.2. The highest BCUT2D eigenvalue weighted by Gasteiger charge is 2.46. The quantitative estimate of drug-likeness (QED) is 0.791. The van der Waals surface area contributed by atoms with Gasteiger partial charge in [-0.15, -0.1) is 0 Å². The molecule has 17 heavy (non-hydrogen) atoms. The van der Waals surface area contributed by atoms with E-state index in [4.69, 9.17) is 0 Å². The van der Waals surface area contributed by atoms with Crippen LogP contribution in [-0.4, -0.2) is 26.3 Å². The van der Waals surface area contributed by atoms with Crippen molar-refractivity contribution in [2.75, 3.05) is 0 Å². The van der Waals surface area contributed by atoms with Crippen molar-refractivity contribution in [1.29, 1.82) is 0 Å². The minimum atomic E-state index is -5.36. The second-order valence-corrected chi connectivity index (χ2v) is 5.48. The number of hydrogen-bond acceptors (Lipinski definition) is 3. The summed E-state index contributed by atoms with van der Waals surface area (Å²) in [7, 11) is -5.36. The van der Waals surface area contributed by atoms with Crippen molar-refractivity contribution in [3.63, 3.8) is 0 Å². The zero-order chi connectivity index (χ0) is 13.1. The maximum absolute atomic E-state index is 12.1. The van der Waals surface area contributed by atoms with Gasteiger partial charge in [-0.1, -0.05) is 12.5 Å². The molecule has 0 fully saturated rings. The second-order valence-electron chi connectivity index (χ2n) is 3.78. The predicted octanol–water partition coefficient (Wildman–Crippen LogP) is 1.49. The molecule has 0 amide bonds. The lowest BCUT2D eigenvalue weighted by Crippen LogP contribution is -2.41. The van der Waals surface area contributed by atoms with E-state index >= 15 is 0 Å². The third kappa shape index (κ3) is 3.81. The summed E-state index contributed by atoms with van der Waals surface area (Å²) in [5, 5.41) is 0. The number of rotatable bonds is 3. The number of aldehydes is 1. The van der Waals surface area contributed by atoms with Crippen LogP contribution in [-0.2, 0) is 14.8 Å². The molecule has 4 nitrogen and oxygen atoms in total. The molecule has 0 aliphatic heterocycles. The number of carbonyl (C=O) groups excluding carboxylic acids is 1. The highest BCUT2D eigenvalue weighted by atomic mass is 32.2. The average molecular weight is 271 g/mol. The van der Waals surface area contributed by atoms with Gasteiger partial charge in [0.15, 0.2) is 0 Å². The van der Waals surface area contributed by atoms with Gasteiger partial charge in [-0.3, -0.25) is 4.79 Å². The molecule has 8 heteroatoms. The van der Waals surface area contributed by atoms with Gasteiger partial charge in [0.25, 0.3) is 0 Å². The van der Waals surface area contributed by atoms with Crippen LogP contribution in [0.15, 0.2) is 11.6 Å². The Hall–Kier alpha value is -0.890. The number of allylic oxidation sites excluding steroid dienone is 1. The van der Waals surface area contributed by atoms with E-state index in [-0.39, 0.29) is 6.42 Å². The molecular weight excluding hydrogens is 259 g/mol. The number of carbonyl (C=O) groups is 1. The van der Waals surface area contributed by atoms with Crippen LogP contribution < -0.4 is 4.72 Å². The molecule has 0 aromatic rings. The second kappa shape index (κ2) is 5.18. The lowest BCUT2D eigenvalue weighted by Gasteiger charge is -2.15. The van der Waals surface area contributed by atoms with Gasteiger partial charge in [-0.25, -0.2) is 13.1 Å². The number of halogens is 3. The lowest BCUT2D eigenvalue weighted by atomic mass is 10.1. The van der Waals surface area contributed by atoms with Crippen LogP contribution >= 0.6 is 0 Å². The van der Waals surface area contributed by atoms with Crippen LogP contribution in [0.3, 0.4) is 0 Å². The number of nitrogens with one attached hydrogen (secondary N) is 1. The van der Waals surface area contributed by atoms with Gasteiger partial charge in [-0.2, -0.15) is 13.2 Å². The Bertz CT molecular complexity index is 414. The summed E-state index contributed by atoms with van der Waals surface area (Å²) in [5.41, 5.74) is -4.99. The van der Waals surface area contributed by atoms with Crippen LogP contribution in [0.4, 0.5) is 13.2 Å². The van der Waals surface area contributed by atoms with Crippen molar-refractivity contribution >= 4 is 16.3 Å². The summed E-state index contributed by atoms with van der Waals surface area (Å²) in [6, 6.07) is -0.968. The molecule has 0 aromatic heterocycles. The minimum Gasteiger partial charge on any atom is -0.298 e. The van der Waals surface area contributed by atoms with E-state index in [0.29, 0.717) is 31.1 Å². The van der Waals surface area contributed by atoms with Crippen molar-refractivity contribution in [3.05, 3.63) is 11.6 Å². The molecule has 0 saturated carbocycles. The third-order valence-corrected chi connectivity index (χ3v) is 3.63. The zero-order valence-corrected chi connectivity index (χ0v) is 9.64. The summed E-state index contributed by atoms with van der Waals surface area (Å²) in [5.74, 6) is 0. The third-order valence-electron chi connectivity index (χ3n) is 2.41. The van der Waals surface area contributed by atoms with Crippen molar-refractivity contribution in [3.8, 4) is 0 Å². The fourth-order valence-electron chi connectivity index (χ4n) is 1.58. The fraction of sp³-hybridized carbons (Fsp3) is 0.667. The Morgan fingerprint density at radius 1 is 1.35 bits per heavy atom. The van der Waals surface area contributed by atoms with Crippen molar-refractivity contribution in [1.82, 2.24) is 4.72 Å². The van der Waals surface area contributed by atoms with E-state index in [0.717, 1.165) is 0 Å². The summed E-state index contributed by atoms with van der Waals surface area (Å²) >= 11 is 0. The fourth-order valence-corrected chi connectivity index (χ4v) is 2.29. The summed E-state index contributed by atoms with van der Waals surface area (Å²) in [6.45, 7) is 0. The van der Waals surface area contributed by atoms with Gasteiger partial charge >= 0.3 is 15.5 Å². The smallest absolute Gasteiger partial charge is 0.298 e. The van der Waals surface area contributed by atoms with Gasteiger partial charge in [0, 0.05) is 6.04 Å². The Morgan fingerprint density at radius 3 is 2.53 bits per heavy atom. The zero-order valence-electron chi connectivity index (χ0n) is 8.83. The Labute approximate surface area is 96.9 Å². The maximum atomic E-state index is 12.1. The van der Waals surface area contributed by atoms with Gasteiger partial charge in [0.2, 0.25) is 0 Å². The first-order valence-electron chi connectivity index (χ1n) is 5.01. The van der Waals surface area contributed by atoms with Crippen LogP contribution in [0.1, 0.15) is 25.7 Å². The summed E-state index contributed by atoms with van der Waals surface area (Å²) < 4.78 is 59.7. The molecule has 1 rings (SSSR count). The maximum Gasteiger partial charge on any atom is 0.511 e. The molecule has 98 valence electrons. The SMILES string of the molecule is O=CC1=C[C@@H](NS(=O)(=O)C(F)(F)F)CCCC1. The van der Waals surface area contributed by atoms with E-state index in [1.54, 1.807) is 4.72 Å². The molecule has 1 aliphatic rings. The van der Waals surface area contributed by atoms with E-state index < -0.39 is 21.6 Å². The first-order chi connectivity index (χ1) is 7.76. The van der Waals surface area contributed by atoms with Crippen LogP contribution in [0.5, 0.6) is 0 Å². The molecule has 0 saturated heterocycles. The predicted molar refractivity (Wildman–Crippen MR) is 54.5 cm³/mol. The summed E-state index contributed by atoms with van der Waals surface area (Å²) in [4.78, 5) is 10.6. The number of hydrogen-bond donors (Lipinski definition) is 1. The van der Waals surface area contributed by atoms with E-state index in [2.05, 4.69) is 0 Å². The molecular formula is C9H12F3NO3S. The van der Waals surface area contributed by atoms with E-state index in [1.165, 1.54) is 6.08 Å². The molecule has 0 bridgehead atoms. The van der Waals surface area contributed by atoms with E-state index in [9.17, 15) is 26.4 Å². The molecule has 0 spiro atoms. The first-order valence-corrected chi connectivity index (χ1v) is 6.49. The largest absolute Gasteiger partial charge is 0.511 e. The van der Waals surface area contributed by atoms with Crippen molar-refractivity contribution in [2.45, 2.75) is 37.2 Å².